The van der Waals surface area contributed by atoms with Crippen molar-refractivity contribution in [1.82, 2.24) is 0 Å². The normalized spacial score (nSPS) is 27.9. The Bertz CT molecular complexity index is 394. The van der Waals surface area contributed by atoms with Crippen LogP contribution in [0, 0.1) is 5.92 Å². The van der Waals surface area contributed by atoms with Gasteiger partial charge in [-0.2, -0.15) is 0 Å². The quantitative estimate of drug-likeness (QED) is 0.795. The number of rotatable bonds is 5. The van der Waals surface area contributed by atoms with E-state index in [4.69, 9.17) is 9.15 Å². The van der Waals surface area contributed by atoms with Crippen molar-refractivity contribution in [2.45, 2.75) is 58.2 Å². The SMILES string of the molecule is CC(C)CC(=O)C[C@@]1(C)CC[C@H](c2ccoc2)O1. The van der Waals surface area contributed by atoms with Gasteiger partial charge in [-0.05, 0) is 31.7 Å². The molecule has 0 spiro atoms. The van der Waals surface area contributed by atoms with E-state index >= 15 is 0 Å². The largest absolute Gasteiger partial charge is 0.472 e. The van der Waals surface area contributed by atoms with Crippen LogP contribution >= 0.6 is 0 Å². The number of furan rings is 1. The highest BCUT2D eigenvalue weighted by Crippen LogP contribution is 2.41. The van der Waals surface area contributed by atoms with E-state index in [0.717, 1.165) is 18.4 Å². The van der Waals surface area contributed by atoms with Gasteiger partial charge in [0.05, 0.1) is 24.2 Å². The summed E-state index contributed by atoms with van der Waals surface area (Å²) >= 11 is 0. The molecule has 100 valence electrons. The number of hydrogen-bond acceptors (Lipinski definition) is 3. The predicted octanol–water partition coefficient (Wildman–Crippen LogP) is 3.90. The van der Waals surface area contributed by atoms with Crippen molar-refractivity contribution in [1.29, 1.82) is 0 Å². The van der Waals surface area contributed by atoms with E-state index in [1.54, 1.807) is 12.5 Å². The van der Waals surface area contributed by atoms with Crippen molar-refractivity contribution in [3.05, 3.63) is 24.2 Å². The second-order valence-electron chi connectivity index (χ2n) is 5.97. The molecule has 1 aromatic rings. The van der Waals surface area contributed by atoms with E-state index < -0.39 is 0 Å². The van der Waals surface area contributed by atoms with E-state index in [1.165, 1.54) is 0 Å². The van der Waals surface area contributed by atoms with Crippen molar-refractivity contribution in [2.24, 2.45) is 5.92 Å². The lowest BCUT2D eigenvalue weighted by molar-refractivity contribution is -0.126. The average molecular weight is 250 g/mol. The molecule has 0 radical (unpaired) electrons. The van der Waals surface area contributed by atoms with Crippen LogP contribution in [0.4, 0.5) is 0 Å². The summed E-state index contributed by atoms with van der Waals surface area (Å²) < 4.78 is 11.1. The van der Waals surface area contributed by atoms with Gasteiger partial charge in [0.2, 0.25) is 0 Å². The van der Waals surface area contributed by atoms with E-state index in [-0.39, 0.29) is 11.7 Å². The molecule has 18 heavy (non-hydrogen) atoms. The lowest BCUT2D eigenvalue weighted by Crippen LogP contribution is -2.27. The monoisotopic (exact) mass is 250 g/mol. The van der Waals surface area contributed by atoms with E-state index in [9.17, 15) is 4.79 Å². The van der Waals surface area contributed by atoms with Gasteiger partial charge in [-0.3, -0.25) is 4.79 Å². The Morgan fingerprint density at radius 3 is 2.94 bits per heavy atom. The first-order chi connectivity index (χ1) is 8.48. The van der Waals surface area contributed by atoms with Gasteiger partial charge < -0.3 is 9.15 Å². The van der Waals surface area contributed by atoms with Crippen LogP contribution in [-0.2, 0) is 9.53 Å². The van der Waals surface area contributed by atoms with Gasteiger partial charge >= 0.3 is 0 Å². The first-order valence-electron chi connectivity index (χ1n) is 6.70. The zero-order valence-corrected chi connectivity index (χ0v) is 11.4. The molecule has 0 saturated carbocycles. The number of carbonyl (C=O) groups is 1. The zero-order valence-electron chi connectivity index (χ0n) is 11.4. The predicted molar refractivity (Wildman–Crippen MR) is 69.3 cm³/mol. The smallest absolute Gasteiger partial charge is 0.136 e. The number of ether oxygens (including phenoxy) is 1. The fourth-order valence-electron chi connectivity index (χ4n) is 2.67. The Kier molecular flexibility index (Phi) is 3.91. The topological polar surface area (TPSA) is 39.4 Å². The number of carbonyl (C=O) groups excluding carboxylic acids is 1. The molecule has 0 aliphatic carbocycles. The minimum absolute atomic E-state index is 0.0839. The van der Waals surface area contributed by atoms with E-state index in [2.05, 4.69) is 13.8 Å². The highest BCUT2D eigenvalue weighted by molar-refractivity contribution is 5.79. The minimum Gasteiger partial charge on any atom is -0.472 e. The van der Waals surface area contributed by atoms with E-state index in [1.807, 2.05) is 13.0 Å². The number of ketones is 1. The van der Waals surface area contributed by atoms with Crippen LogP contribution in [0.25, 0.3) is 0 Å². The minimum atomic E-state index is -0.298. The van der Waals surface area contributed by atoms with Crippen LogP contribution < -0.4 is 0 Å². The van der Waals surface area contributed by atoms with Crippen LogP contribution in [0.5, 0.6) is 0 Å². The molecule has 2 atom stereocenters. The van der Waals surface area contributed by atoms with Gasteiger partial charge in [-0.15, -0.1) is 0 Å². The third-order valence-corrected chi connectivity index (χ3v) is 3.48. The maximum absolute atomic E-state index is 11.9. The molecule has 0 amide bonds. The summed E-state index contributed by atoms with van der Waals surface area (Å²) in [4.78, 5) is 11.9. The summed E-state index contributed by atoms with van der Waals surface area (Å²) in [7, 11) is 0. The van der Waals surface area contributed by atoms with Gasteiger partial charge in [-0.1, -0.05) is 13.8 Å². The highest BCUT2D eigenvalue weighted by atomic mass is 16.5. The molecule has 1 aromatic heterocycles. The zero-order chi connectivity index (χ0) is 13.2. The van der Waals surface area contributed by atoms with Crippen LogP contribution in [0.2, 0.25) is 0 Å². The van der Waals surface area contributed by atoms with Gasteiger partial charge in [0.15, 0.2) is 0 Å². The molecule has 0 N–H and O–H groups in total. The van der Waals surface area contributed by atoms with E-state index in [0.29, 0.717) is 24.5 Å². The summed E-state index contributed by atoms with van der Waals surface area (Å²) in [6.07, 6.45) is 6.55. The Labute approximate surface area is 109 Å². The summed E-state index contributed by atoms with van der Waals surface area (Å²) in [6.45, 7) is 6.19. The fraction of sp³-hybridized carbons (Fsp3) is 0.667. The molecule has 1 saturated heterocycles. The van der Waals surface area contributed by atoms with Crippen molar-refractivity contribution < 1.29 is 13.9 Å². The van der Waals surface area contributed by atoms with Crippen molar-refractivity contribution >= 4 is 5.78 Å². The first kappa shape index (κ1) is 13.3. The second-order valence-corrected chi connectivity index (χ2v) is 5.97. The molecule has 2 rings (SSSR count). The first-order valence-corrected chi connectivity index (χ1v) is 6.70. The fourth-order valence-corrected chi connectivity index (χ4v) is 2.67. The number of Topliss-reactive ketones (excluding diaryl/α,β-unsaturated/α-hetero) is 1. The molecule has 2 heterocycles. The standard InChI is InChI=1S/C15H22O3/c1-11(2)8-13(16)9-15(3)6-4-14(18-15)12-5-7-17-10-12/h5,7,10-11,14H,4,6,8-9H2,1-3H3/t14-,15-/m1/s1. The molecular weight excluding hydrogens is 228 g/mol. The summed E-state index contributed by atoms with van der Waals surface area (Å²) in [5.41, 5.74) is 0.781. The lowest BCUT2D eigenvalue weighted by Gasteiger charge is -2.24. The van der Waals surface area contributed by atoms with Gasteiger partial charge in [0.25, 0.3) is 0 Å². The maximum atomic E-state index is 11.9. The molecule has 0 bridgehead atoms. The van der Waals surface area contributed by atoms with Crippen molar-refractivity contribution in [3.63, 3.8) is 0 Å². The van der Waals surface area contributed by atoms with Crippen LogP contribution in [0.3, 0.4) is 0 Å². The third kappa shape index (κ3) is 3.22. The summed E-state index contributed by atoms with van der Waals surface area (Å²) in [5.74, 6) is 0.729. The van der Waals surface area contributed by atoms with Crippen molar-refractivity contribution in [2.75, 3.05) is 0 Å². The maximum Gasteiger partial charge on any atom is 0.136 e. The Morgan fingerprint density at radius 2 is 2.33 bits per heavy atom. The third-order valence-electron chi connectivity index (χ3n) is 3.48. The summed E-state index contributed by atoms with van der Waals surface area (Å²) in [5, 5.41) is 0. The van der Waals surface area contributed by atoms with Crippen molar-refractivity contribution in [3.8, 4) is 0 Å². The van der Waals surface area contributed by atoms with Gasteiger partial charge in [0, 0.05) is 18.4 Å². The molecular formula is C15H22O3. The molecule has 0 unspecified atom stereocenters. The summed E-state index contributed by atoms with van der Waals surface area (Å²) in [6, 6.07) is 1.94. The molecule has 1 aliphatic rings. The Balaban J connectivity index is 1.92. The van der Waals surface area contributed by atoms with Gasteiger partial charge in [-0.25, -0.2) is 0 Å². The molecule has 0 aromatic carbocycles. The molecule has 3 heteroatoms. The average Bonchev–Trinajstić information content (AvgIpc) is 2.84. The van der Waals surface area contributed by atoms with Gasteiger partial charge in [0.1, 0.15) is 5.78 Å². The highest BCUT2D eigenvalue weighted by Gasteiger charge is 2.38. The van der Waals surface area contributed by atoms with Crippen LogP contribution in [-0.4, -0.2) is 11.4 Å². The molecule has 3 nitrogen and oxygen atoms in total. The Morgan fingerprint density at radius 1 is 1.56 bits per heavy atom. The van der Waals surface area contributed by atoms with Crippen LogP contribution in [0.1, 0.15) is 58.1 Å². The Hall–Kier alpha value is -1.09. The molecule has 1 fully saturated rings. The lowest BCUT2D eigenvalue weighted by atomic mass is 9.92. The van der Waals surface area contributed by atoms with Crippen LogP contribution in [0.15, 0.2) is 23.0 Å². The second kappa shape index (κ2) is 5.27. The molecule has 1 aliphatic heterocycles. The number of hydrogen-bond donors (Lipinski definition) is 0.